The summed E-state index contributed by atoms with van der Waals surface area (Å²) in [4.78, 5) is 12.2. The Labute approximate surface area is 240 Å². The molecule has 4 heteroatoms. The van der Waals surface area contributed by atoms with Crippen LogP contribution in [-0.2, 0) is 4.79 Å². The van der Waals surface area contributed by atoms with Gasteiger partial charge in [0.1, 0.15) is 11.5 Å². The lowest BCUT2D eigenvalue weighted by Crippen LogP contribution is -2.40. The van der Waals surface area contributed by atoms with Gasteiger partial charge in [-0.3, -0.25) is 4.79 Å². The van der Waals surface area contributed by atoms with Crippen molar-refractivity contribution in [3.05, 3.63) is 65.2 Å². The van der Waals surface area contributed by atoms with Crippen LogP contribution < -0.4 is 10.1 Å². The maximum atomic E-state index is 12.2. The molecule has 2 aromatic carbocycles. The van der Waals surface area contributed by atoms with Crippen LogP contribution in [0.15, 0.2) is 54.1 Å². The molecular weight excluding hydrogens is 494 g/mol. The van der Waals surface area contributed by atoms with Crippen LogP contribution in [-0.4, -0.2) is 24.2 Å². The summed E-state index contributed by atoms with van der Waals surface area (Å²) in [6, 6.07) is 16.5. The Balaban J connectivity index is 1.02. The number of hydrogen-bond donors (Lipinski definition) is 2. The normalized spacial score (nSPS) is 25.6. The zero-order valence-corrected chi connectivity index (χ0v) is 24.1. The summed E-state index contributed by atoms with van der Waals surface area (Å²) >= 11 is 0. The molecule has 0 radical (unpaired) electrons. The van der Waals surface area contributed by atoms with Gasteiger partial charge in [0, 0.05) is 13.0 Å². The maximum Gasteiger partial charge on any atom is 0.220 e. The summed E-state index contributed by atoms with van der Waals surface area (Å²) in [5.74, 6) is 5.48. The molecule has 0 unspecified atom stereocenters. The lowest BCUT2D eigenvalue weighted by molar-refractivity contribution is -0.121. The Morgan fingerprint density at radius 1 is 0.800 bits per heavy atom. The minimum atomic E-state index is 0.208. The lowest BCUT2D eigenvalue weighted by Gasteiger charge is -2.52. The molecule has 1 amide bonds. The van der Waals surface area contributed by atoms with Crippen molar-refractivity contribution in [2.45, 2.75) is 89.9 Å². The second-order valence-corrected chi connectivity index (χ2v) is 13.2. The van der Waals surface area contributed by atoms with E-state index >= 15 is 0 Å². The number of nitrogens with one attached hydrogen (secondary N) is 1. The van der Waals surface area contributed by atoms with Gasteiger partial charge >= 0.3 is 0 Å². The van der Waals surface area contributed by atoms with Crippen molar-refractivity contribution in [2.24, 2.45) is 29.6 Å². The number of aromatic hydroxyl groups is 1. The van der Waals surface area contributed by atoms with E-state index in [4.69, 9.17) is 4.74 Å². The van der Waals surface area contributed by atoms with Gasteiger partial charge in [0.2, 0.25) is 5.91 Å². The quantitative estimate of drug-likeness (QED) is 0.281. The third kappa shape index (κ3) is 6.58. The van der Waals surface area contributed by atoms with Crippen LogP contribution in [0.25, 0.3) is 5.57 Å². The number of benzene rings is 2. The average molecular weight is 542 g/mol. The van der Waals surface area contributed by atoms with Crippen molar-refractivity contribution in [1.29, 1.82) is 0 Å². The number of amides is 1. The summed E-state index contributed by atoms with van der Waals surface area (Å²) in [5.41, 5.74) is 5.54. The van der Waals surface area contributed by atoms with Gasteiger partial charge in [0.05, 0.1) is 6.61 Å². The SMILES string of the molecule is O=C(CCC1CCCCC1)NCCCCOc1ccc(C(=C2C3CC4CC(C3)CC2C4)c2ccc(O)cc2)cc1. The molecule has 5 aliphatic rings. The van der Waals surface area contributed by atoms with Crippen LogP contribution in [0.5, 0.6) is 11.5 Å². The lowest BCUT2D eigenvalue weighted by atomic mass is 9.53. The molecule has 0 heterocycles. The summed E-state index contributed by atoms with van der Waals surface area (Å²) in [7, 11) is 0. The molecule has 5 fully saturated rings. The van der Waals surface area contributed by atoms with Crippen LogP contribution in [0.4, 0.5) is 0 Å². The van der Waals surface area contributed by atoms with Gasteiger partial charge in [-0.25, -0.2) is 0 Å². The zero-order chi connectivity index (χ0) is 27.3. The van der Waals surface area contributed by atoms with E-state index in [1.54, 1.807) is 5.57 Å². The van der Waals surface area contributed by atoms with Gasteiger partial charge in [0.25, 0.3) is 0 Å². The van der Waals surface area contributed by atoms with Gasteiger partial charge in [-0.05, 0) is 122 Å². The van der Waals surface area contributed by atoms with Crippen molar-refractivity contribution in [3.8, 4) is 11.5 Å². The molecule has 5 saturated carbocycles. The number of unbranched alkanes of at least 4 members (excludes halogenated alkanes) is 1. The second kappa shape index (κ2) is 12.8. The van der Waals surface area contributed by atoms with E-state index in [-0.39, 0.29) is 5.91 Å². The molecule has 4 nitrogen and oxygen atoms in total. The van der Waals surface area contributed by atoms with E-state index in [2.05, 4.69) is 41.7 Å². The minimum absolute atomic E-state index is 0.208. The predicted molar refractivity (Wildman–Crippen MR) is 161 cm³/mol. The number of phenols is 1. The van der Waals surface area contributed by atoms with E-state index in [1.807, 2.05) is 12.1 Å². The van der Waals surface area contributed by atoms with Crippen LogP contribution in [0, 0.1) is 29.6 Å². The highest BCUT2D eigenvalue weighted by Gasteiger charge is 2.46. The van der Waals surface area contributed by atoms with E-state index in [9.17, 15) is 9.90 Å². The molecular formula is C36H47NO3. The average Bonchev–Trinajstić information content (AvgIpc) is 2.97. The molecule has 2 aromatic rings. The number of carbonyl (C=O) groups excluding carboxylic acids is 1. The highest BCUT2D eigenvalue weighted by molar-refractivity contribution is 5.83. The van der Waals surface area contributed by atoms with Crippen molar-refractivity contribution in [2.75, 3.05) is 13.2 Å². The van der Waals surface area contributed by atoms with Gasteiger partial charge in [-0.1, -0.05) is 61.9 Å². The van der Waals surface area contributed by atoms with Crippen LogP contribution in [0.1, 0.15) is 101 Å². The summed E-state index contributed by atoms with van der Waals surface area (Å²) in [5, 5.41) is 13.0. The third-order valence-corrected chi connectivity index (χ3v) is 10.3. The predicted octanol–water partition coefficient (Wildman–Crippen LogP) is 8.29. The first-order valence-corrected chi connectivity index (χ1v) is 16.2. The van der Waals surface area contributed by atoms with Crippen molar-refractivity contribution in [3.63, 3.8) is 0 Å². The molecule has 214 valence electrons. The smallest absolute Gasteiger partial charge is 0.220 e. The Kier molecular flexibility index (Phi) is 8.80. The molecule has 0 aromatic heterocycles. The Morgan fingerprint density at radius 3 is 2.08 bits per heavy atom. The summed E-state index contributed by atoms with van der Waals surface area (Å²) in [6.07, 6.45) is 17.1. The monoisotopic (exact) mass is 541 g/mol. The largest absolute Gasteiger partial charge is 0.508 e. The van der Waals surface area contributed by atoms with Gasteiger partial charge in [-0.15, -0.1) is 0 Å². The Hall–Kier alpha value is -2.75. The molecule has 7 rings (SSSR count). The standard InChI is InChI=1S/C36H47NO3/c38-32-13-9-28(10-14-32)35(36-30-21-26-20-27(23-30)24-31(36)22-26)29-11-15-33(16-12-29)40-19-5-4-18-37-34(39)17-8-25-6-2-1-3-7-25/h9-16,25-27,30-31,38H,1-8,17-24H2,(H,37,39). The molecule has 2 N–H and O–H groups in total. The van der Waals surface area contributed by atoms with Crippen LogP contribution in [0.2, 0.25) is 0 Å². The summed E-state index contributed by atoms with van der Waals surface area (Å²) in [6.45, 7) is 1.40. The molecule has 0 saturated heterocycles. The van der Waals surface area contributed by atoms with Gasteiger partial charge < -0.3 is 15.2 Å². The number of ether oxygens (including phenoxy) is 1. The van der Waals surface area contributed by atoms with Crippen molar-refractivity contribution in [1.82, 2.24) is 5.32 Å². The second-order valence-electron chi connectivity index (χ2n) is 13.2. The maximum absolute atomic E-state index is 12.2. The first-order valence-electron chi connectivity index (χ1n) is 16.2. The molecule has 40 heavy (non-hydrogen) atoms. The van der Waals surface area contributed by atoms with E-state index < -0.39 is 0 Å². The zero-order valence-electron chi connectivity index (χ0n) is 24.1. The number of hydrogen-bond acceptors (Lipinski definition) is 3. The van der Waals surface area contributed by atoms with E-state index in [1.165, 1.54) is 80.9 Å². The minimum Gasteiger partial charge on any atom is -0.508 e. The number of rotatable bonds is 11. The van der Waals surface area contributed by atoms with Crippen LogP contribution >= 0.6 is 0 Å². The fourth-order valence-electron chi connectivity index (χ4n) is 8.49. The molecule has 0 spiro atoms. The molecule has 0 aliphatic heterocycles. The van der Waals surface area contributed by atoms with Crippen molar-refractivity contribution >= 4 is 11.5 Å². The highest BCUT2D eigenvalue weighted by atomic mass is 16.5. The number of allylic oxidation sites excluding steroid dienone is 1. The molecule has 4 bridgehead atoms. The van der Waals surface area contributed by atoms with E-state index in [0.29, 0.717) is 30.6 Å². The first kappa shape index (κ1) is 27.4. The molecule has 5 aliphatic carbocycles. The number of carbonyl (C=O) groups is 1. The van der Waals surface area contributed by atoms with Crippen LogP contribution in [0.3, 0.4) is 0 Å². The summed E-state index contributed by atoms with van der Waals surface area (Å²) < 4.78 is 6.07. The van der Waals surface area contributed by atoms with Gasteiger partial charge in [-0.2, -0.15) is 0 Å². The highest BCUT2D eigenvalue weighted by Crippen LogP contribution is 2.58. The Morgan fingerprint density at radius 2 is 1.43 bits per heavy atom. The number of phenolic OH excluding ortho intramolecular Hbond substituents is 1. The Bertz CT molecular complexity index is 1130. The molecule has 0 atom stereocenters. The third-order valence-electron chi connectivity index (χ3n) is 10.3. The fraction of sp³-hybridized carbons (Fsp3) is 0.583. The topological polar surface area (TPSA) is 58.6 Å². The fourth-order valence-corrected chi connectivity index (χ4v) is 8.49. The van der Waals surface area contributed by atoms with Gasteiger partial charge in [0.15, 0.2) is 0 Å². The van der Waals surface area contributed by atoms with Crippen molar-refractivity contribution < 1.29 is 14.6 Å². The van der Waals surface area contributed by atoms with E-state index in [0.717, 1.165) is 49.3 Å². The first-order chi connectivity index (χ1) is 19.6.